The van der Waals surface area contributed by atoms with Crippen LogP contribution < -0.4 is 5.32 Å². The highest BCUT2D eigenvalue weighted by molar-refractivity contribution is 7.92. The van der Waals surface area contributed by atoms with Crippen LogP contribution in [0.15, 0.2) is 6.20 Å². The van der Waals surface area contributed by atoms with Gasteiger partial charge in [0.25, 0.3) is 0 Å². The summed E-state index contributed by atoms with van der Waals surface area (Å²) in [5, 5.41) is 10.8. The van der Waals surface area contributed by atoms with Gasteiger partial charge in [-0.25, -0.2) is 8.42 Å². The summed E-state index contributed by atoms with van der Waals surface area (Å²) in [6.45, 7) is 2.86. The summed E-state index contributed by atoms with van der Waals surface area (Å²) in [6.07, 6.45) is 5.10. The van der Waals surface area contributed by atoms with Crippen molar-refractivity contribution < 1.29 is 8.42 Å². The van der Waals surface area contributed by atoms with Crippen LogP contribution in [0, 0.1) is 0 Å². The van der Waals surface area contributed by atoms with Gasteiger partial charge in [-0.3, -0.25) is 4.68 Å². The first kappa shape index (κ1) is 14.5. The van der Waals surface area contributed by atoms with Gasteiger partial charge < -0.3 is 5.32 Å². The topological polar surface area (TPSA) is 76.9 Å². The Morgan fingerprint density at radius 1 is 1.53 bits per heavy atom. The fraction of sp³-hybridized carbons (Fsp3) is 0.833. The number of rotatable bonds is 5. The summed E-state index contributed by atoms with van der Waals surface area (Å²) in [6, 6.07) is -0.203. The van der Waals surface area contributed by atoms with Crippen LogP contribution in [0.25, 0.3) is 0 Å². The van der Waals surface area contributed by atoms with Gasteiger partial charge in [0.1, 0.15) is 0 Å². The summed E-state index contributed by atoms with van der Waals surface area (Å²) in [4.78, 5) is 0. The minimum atomic E-state index is -3.03. The molecule has 2 atom stereocenters. The van der Waals surface area contributed by atoms with Gasteiger partial charge in [-0.15, -0.1) is 5.10 Å². The maximum atomic E-state index is 12.3. The van der Waals surface area contributed by atoms with Gasteiger partial charge >= 0.3 is 0 Å². The average Bonchev–Trinajstić information content (AvgIpc) is 2.78. The van der Waals surface area contributed by atoms with Crippen molar-refractivity contribution in [2.24, 2.45) is 7.05 Å². The van der Waals surface area contributed by atoms with Crippen LogP contribution in [0.2, 0.25) is 0 Å². The van der Waals surface area contributed by atoms with E-state index in [1.165, 1.54) is 0 Å². The van der Waals surface area contributed by atoms with Gasteiger partial charge in [0.05, 0.1) is 28.9 Å². The minimum absolute atomic E-state index is 0.203. The van der Waals surface area contributed by atoms with E-state index in [1.54, 1.807) is 17.9 Å². The van der Waals surface area contributed by atoms with Crippen molar-refractivity contribution in [1.82, 2.24) is 20.3 Å². The predicted molar refractivity (Wildman–Crippen MR) is 73.5 cm³/mol. The number of sulfone groups is 1. The number of aromatic nitrogens is 3. The van der Waals surface area contributed by atoms with Crippen LogP contribution in [0.4, 0.5) is 0 Å². The summed E-state index contributed by atoms with van der Waals surface area (Å²) in [5.41, 5.74) is 0.851. The predicted octanol–water partition coefficient (Wildman–Crippen LogP) is 0.823. The molecule has 2 rings (SSSR count). The first-order valence-electron chi connectivity index (χ1n) is 6.85. The van der Waals surface area contributed by atoms with Crippen LogP contribution in [-0.2, 0) is 16.9 Å². The summed E-state index contributed by atoms with van der Waals surface area (Å²) < 4.78 is 26.3. The average molecular weight is 286 g/mol. The molecule has 0 aromatic carbocycles. The zero-order chi connectivity index (χ0) is 13.9. The first-order valence-corrected chi connectivity index (χ1v) is 8.57. The van der Waals surface area contributed by atoms with Crippen LogP contribution in [0.5, 0.6) is 0 Å². The van der Waals surface area contributed by atoms with E-state index in [0.717, 1.165) is 37.9 Å². The quantitative estimate of drug-likeness (QED) is 0.867. The van der Waals surface area contributed by atoms with Crippen molar-refractivity contribution >= 4 is 9.84 Å². The van der Waals surface area contributed by atoms with E-state index in [-0.39, 0.29) is 11.3 Å². The van der Waals surface area contributed by atoms with Crippen LogP contribution in [0.3, 0.4) is 0 Å². The van der Waals surface area contributed by atoms with Gasteiger partial charge in [0, 0.05) is 7.05 Å². The van der Waals surface area contributed by atoms with E-state index in [1.807, 2.05) is 0 Å². The third-order valence-electron chi connectivity index (χ3n) is 3.68. The number of hydrogen-bond donors (Lipinski definition) is 1. The summed E-state index contributed by atoms with van der Waals surface area (Å²) in [7, 11) is -1.22. The Morgan fingerprint density at radius 2 is 2.32 bits per heavy atom. The molecule has 1 aliphatic heterocycles. The molecule has 7 heteroatoms. The molecule has 1 fully saturated rings. The SMILES string of the molecule is CCCNC(c1cnnn1C)C1CCCCS1(=O)=O. The number of nitrogens with one attached hydrogen (secondary N) is 1. The Balaban J connectivity index is 2.29. The molecule has 0 saturated carbocycles. The lowest BCUT2D eigenvalue weighted by Gasteiger charge is -2.30. The highest BCUT2D eigenvalue weighted by atomic mass is 32.2. The summed E-state index contributed by atoms with van der Waals surface area (Å²) in [5.74, 6) is 0.299. The molecular weight excluding hydrogens is 264 g/mol. The first-order chi connectivity index (χ1) is 9.06. The second kappa shape index (κ2) is 6.00. The Labute approximate surface area is 114 Å². The van der Waals surface area contributed by atoms with E-state index in [0.29, 0.717) is 5.75 Å². The molecular formula is C12H22N4O2S. The Hall–Kier alpha value is -0.950. The van der Waals surface area contributed by atoms with Crippen LogP contribution >= 0.6 is 0 Å². The number of nitrogens with zero attached hydrogens (tertiary/aromatic N) is 3. The molecule has 108 valence electrons. The van der Waals surface area contributed by atoms with Gasteiger partial charge in [-0.1, -0.05) is 18.6 Å². The molecule has 6 nitrogen and oxygen atoms in total. The van der Waals surface area contributed by atoms with Gasteiger partial charge in [0.2, 0.25) is 0 Å². The maximum absolute atomic E-state index is 12.3. The molecule has 0 amide bonds. The molecule has 0 aliphatic carbocycles. The van der Waals surface area contributed by atoms with Gasteiger partial charge in [0.15, 0.2) is 9.84 Å². The van der Waals surface area contributed by atoms with Crippen LogP contribution in [-0.4, -0.2) is 41.0 Å². The lowest BCUT2D eigenvalue weighted by atomic mass is 10.0. The molecule has 0 radical (unpaired) electrons. The molecule has 1 aromatic rings. The Bertz CT molecular complexity index is 512. The standard InChI is InChI=1S/C12H22N4O2S/c1-3-7-13-12(10-9-14-15-16(10)2)11-6-4-5-8-19(11,17)18/h9,11-13H,3-8H2,1-2H3. The molecule has 1 aliphatic rings. The zero-order valence-electron chi connectivity index (χ0n) is 11.5. The van der Waals surface area contributed by atoms with Gasteiger partial charge in [-0.2, -0.15) is 0 Å². The molecule has 1 saturated heterocycles. The lowest BCUT2D eigenvalue weighted by molar-refractivity contribution is 0.427. The Kier molecular flexibility index (Phi) is 4.57. The molecule has 0 spiro atoms. The molecule has 1 N–H and O–H groups in total. The maximum Gasteiger partial charge on any atom is 0.155 e. The van der Waals surface area contributed by atoms with E-state index in [4.69, 9.17) is 0 Å². The molecule has 2 heterocycles. The minimum Gasteiger partial charge on any atom is -0.308 e. The number of hydrogen-bond acceptors (Lipinski definition) is 5. The third kappa shape index (κ3) is 3.14. The van der Waals surface area contributed by atoms with E-state index in [2.05, 4.69) is 22.6 Å². The number of aryl methyl sites for hydroxylation is 1. The normalized spacial score (nSPS) is 24.2. The van der Waals surface area contributed by atoms with Crippen molar-refractivity contribution in [1.29, 1.82) is 0 Å². The van der Waals surface area contributed by atoms with Crippen molar-refractivity contribution in [2.75, 3.05) is 12.3 Å². The second-order valence-electron chi connectivity index (χ2n) is 5.12. The van der Waals surface area contributed by atoms with E-state index >= 15 is 0 Å². The smallest absolute Gasteiger partial charge is 0.155 e. The highest BCUT2D eigenvalue weighted by Gasteiger charge is 2.37. The molecule has 0 bridgehead atoms. The molecule has 2 unspecified atom stereocenters. The highest BCUT2D eigenvalue weighted by Crippen LogP contribution is 2.30. The fourth-order valence-electron chi connectivity index (χ4n) is 2.66. The monoisotopic (exact) mass is 286 g/mol. The van der Waals surface area contributed by atoms with Gasteiger partial charge in [-0.05, 0) is 25.8 Å². The fourth-order valence-corrected chi connectivity index (χ4v) is 4.74. The largest absolute Gasteiger partial charge is 0.308 e. The second-order valence-corrected chi connectivity index (χ2v) is 7.45. The Morgan fingerprint density at radius 3 is 2.89 bits per heavy atom. The lowest BCUT2D eigenvalue weighted by Crippen LogP contribution is -2.41. The zero-order valence-corrected chi connectivity index (χ0v) is 12.4. The van der Waals surface area contributed by atoms with Crippen molar-refractivity contribution in [2.45, 2.75) is 43.9 Å². The van der Waals surface area contributed by atoms with Crippen molar-refractivity contribution in [3.63, 3.8) is 0 Å². The third-order valence-corrected chi connectivity index (χ3v) is 5.97. The van der Waals surface area contributed by atoms with E-state index < -0.39 is 9.84 Å². The van der Waals surface area contributed by atoms with E-state index in [9.17, 15) is 8.42 Å². The van der Waals surface area contributed by atoms with Crippen LogP contribution in [0.1, 0.15) is 44.3 Å². The summed E-state index contributed by atoms with van der Waals surface area (Å²) >= 11 is 0. The molecule has 19 heavy (non-hydrogen) atoms. The molecule has 1 aromatic heterocycles. The van der Waals surface area contributed by atoms with Crippen molar-refractivity contribution in [3.8, 4) is 0 Å². The van der Waals surface area contributed by atoms with Crippen molar-refractivity contribution in [3.05, 3.63) is 11.9 Å².